The van der Waals surface area contributed by atoms with E-state index in [1.807, 2.05) is 32.0 Å². The number of aryl methyl sites for hydroxylation is 2. The van der Waals surface area contributed by atoms with E-state index in [0.29, 0.717) is 14.9 Å². The second kappa shape index (κ2) is 8.01. The Kier molecular flexibility index (Phi) is 5.53. The fourth-order valence-corrected chi connectivity index (χ4v) is 4.65. The van der Waals surface area contributed by atoms with Gasteiger partial charge in [0.15, 0.2) is 4.32 Å². The number of amides is 1. The number of hydrogen-bond acceptors (Lipinski definition) is 4. The summed E-state index contributed by atoms with van der Waals surface area (Å²) in [5.41, 5.74) is 1.86. The molecule has 1 amide bonds. The van der Waals surface area contributed by atoms with Crippen molar-refractivity contribution in [3.63, 3.8) is 0 Å². The summed E-state index contributed by atoms with van der Waals surface area (Å²) >= 11 is 6.52. The summed E-state index contributed by atoms with van der Waals surface area (Å²) in [5.74, 6) is 0.0488. The first kappa shape index (κ1) is 21.4. The number of furan rings is 1. The summed E-state index contributed by atoms with van der Waals surface area (Å²) in [7, 11) is 0. The lowest BCUT2D eigenvalue weighted by atomic mass is 10.1. The van der Waals surface area contributed by atoms with Crippen LogP contribution in [0, 0.1) is 13.8 Å². The maximum atomic E-state index is 13.3. The van der Waals surface area contributed by atoms with Crippen LogP contribution in [-0.2, 0) is 11.0 Å². The van der Waals surface area contributed by atoms with Gasteiger partial charge in [-0.2, -0.15) is 13.2 Å². The topological polar surface area (TPSA) is 33.5 Å². The highest BCUT2D eigenvalue weighted by atomic mass is 32.2. The third-order valence-electron chi connectivity index (χ3n) is 4.78. The van der Waals surface area contributed by atoms with Gasteiger partial charge in [-0.25, -0.2) is 0 Å². The van der Waals surface area contributed by atoms with E-state index in [0.717, 1.165) is 29.0 Å². The zero-order valence-electron chi connectivity index (χ0n) is 16.5. The molecule has 0 radical (unpaired) electrons. The average molecular weight is 460 g/mol. The van der Waals surface area contributed by atoms with Crippen molar-refractivity contribution in [2.75, 3.05) is 4.90 Å². The lowest BCUT2D eigenvalue weighted by Crippen LogP contribution is -2.28. The number of halogens is 3. The molecule has 0 unspecified atom stereocenters. The van der Waals surface area contributed by atoms with Crippen LogP contribution in [0.2, 0.25) is 0 Å². The zero-order chi connectivity index (χ0) is 22.3. The molecule has 0 spiro atoms. The van der Waals surface area contributed by atoms with Crippen LogP contribution in [0.4, 0.5) is 18.9 Å². The Morgan fingerprint density at radius 1 is 1.06 bits per heavy atom. The van der Waals surface area contributed by atoms with E-state index < -0.39 is 11.7 Å². The second-order valence-corrected chi connectivity index (χ2v) is 8.73. The van der Waals surface area contributed by atoms with Crippen molar-refractivity contribution in [1.29, 1.82) is 0 Å². The highest BCUT2D eigenvalue weighted by Gasteiger charge is 2.35. The highest BCUT2D eigenvalue weighted by Crippen LogP contribution is 2.40. The molecule has 1 aromatic heterocycles. The van der Waals surface area contributed by atoms with Gasteiger partial charge in [-0.3, -0.25) is 9.69 Å². The lowest BCUT2D eigenvalue weighted by Gasteiger charge is -2.17. The van der Waals surface area contributed by atoms with Crippen LogP contribution >= 0.6 is 24.0 Å². The molecule has 31 heavy (non-hydrogen) atoms. The molecule has 0 N–H and O–H groups in total. The summed E-state index contributed by atoms with van der Waals surface area (Å²) in [6.07, 6.45) is -3.00. The minimum atomic E-state index is -4.50. The van der Waals surface area contributed by atoms with E-state index in [1.54, 1.807) is 0 Å². The molecule has 3 aromatic rings. The minimum Gasteiger partial charge on any atom is -0.457 e. The summed E-state index contributed by atoms with van der Waals surface area (Å²) in [4.78, 5) is 14.8. The van der Waals surface area contributed by atoms with Crippen LogP contribution in [0.15, 0.2) is 63.9 Å². The van der Waals surface area contributed by atoms with E-state index in [2.05, 4.69) is 0 Å². The molecule has 1 saturated heterocycles. The number of rotatable bonds is 3. The smallest absolute Gasteiger partial charge is 0.417 e. The summed E-state index contributed by atoms with van der Waals surface area (Å²) in [5, 5.41) is 0. The van der Waals surface area contributed by atoms with Crippen molar-refractivity contribution in [1.82, 2.24) is 0 Å². The number of thiocarbonyl (C=S) groups is 1. The van der Waals surface area contributed by atoms with E-state index in [4.69, 9.17) is 16.6 Å². The normalized spacial score (nSPS) is 15.9. The first-order valence-electron chi connectivity index (χ1n) is 9.27. The van der Waals surface area contributed by atoms with Crippen molar-refractivity contribution in [2.24, 2.45) is 0 Å². The predicted molar refractivity (Wildman–Crippen MR) is 121 cm³/mol. The van der Waals surface area contributed by atoms with Crippen LogP contribution in [0.1, 0.15) is 22.5 Å². The Hall–Kier alpha value is -2.84. The van der Waals surface area contributed by atoms with Gasteiger partial charge < -0.3 is 4.42 Å². The SMILES string of the molecule is Cc1ccc(N2C(=O)/C(=C/c3ccc(-c4ccccc4C(F)(F)F)o3)SC2=S)c(C)c1. The molecule has 1 fully saturated rings. The molecular weight excluding hydrogens is 443 g/mol. The molecule has 2 heterocycles. The van der Waals surface area contributed by atoms with Crippen LogP contribution < -0.4 is 4.90 Å². The van der Waals surface area contributed by atoms with Gasteiger partial charge in [0.25, 0.3) is 5.91 Å². The standard InChI is InChI=1S/C23H16F3NO2S2/c1-13-7-9-18(14(2)11-13)27-21(28)20(31-22(27)30)12-15-8-10-19(29-15)16-5-3-4-6-17(16)23(24,25)26/h3-12H,1-2H3/b20-12-. The van der Waals surface area contributed by atoms with Crippen molar-refractivity contribution in [2.45, 2.75) is 20.0 Å². The lowest BCUT2D eigenvalue weighted by molar-refractivity contribution is -0.137. The highest BCUT2D eigenvalue weighted by molar-refractivity contribution is 8.27. The third kappa shape index (κ3) is 4.18. The van der Waals surface area contributed by atoms with Crippen LogP contribution in [0.25, 0.3) is 17.4 Å². The molecule has 3 nitrogen and oxygen atoms in total. The molecule has 0 saturated carbocycles. The van der Waals surface area contributed by atoms with Gasteiger partial charge in [-0.15, -0.1) is 0 Å². The molecule has 4 rings (SSSR count). The maximum absolute atomic E-state index is 13.3. The Labute approximate surface area is 186 Å². The summed E-state index contributed by atoms with van der Waals surface area (Å²) < 4.78 is 45.9. The van der Waals surface area contributed by atoms with E-state index in [-0.39, 0.29) is 23.0 Å². The van der Waals surface area contributed by atoms with E-state index >= 15 is 0 Å². The molecule has 0 aliphatic carbocycles. The van der Waals surface area contributed by atoms with Gasteiger partial charge in [0.1, 0.15) is 11.5 Å². The monoisotopic (exact) mass is 459 g/mol. The molecule has 2 aromatic carbocycles. The number of benzene rings is 2. The maximum Gasteiger partial charge on any atom is 0.417 e. The van der Waals surface area contributed by atoms with Crippen molar-refractivity contribution >= 4 is 46.0 Å². The van der Waals surface area contributed by atoms with Crippen LogP contribution in [0.5, 0.6) is 0 Å². The number of alkyl halides is 3. The van der Waals surface area contributed by atoms with Gasteiger partial charge in [-0.1, -0.05) is 59.9 Å². The van der Waals surface area contributed by atoms with Gasteiger partial charge in [0.2, 0.25) is 0 Å². The van der Waals surface area contributed by atoms with Crippen molar-refractivity contribution in [3.05, 3.63) is 82.0 Å². The first-order chi connectivity index (χ1) is 14.6. The molecule has 0 bridgehead atoms. The summed E-state index contributed by atoms with van der Waals surface area (Å²) in [6, 6.07) is 13.9. The molecule has 1 aliphatic heterocycles. The molecular formula is C23H16F3NO2S2. The Morgan fingerprint density at radius 3 is 2.52 bits per heavy atom. The minimum absolute atomic E-state index is 0.0579. The Balaban J connectivity index is 1.65. The van der Waals surface area contributed by atoms with Gasteiger partial charge in [0, 0.05) is 11.6 Å². The number of nitrogens with zero attached hydrogens (tertiary/aromatic N) is 1. The molecule has 8 heteroatoms. The van der Waals surface area contributed by atoms with Crippen molar-refractivity contribution < 1.29 is 22.4 Å². The number of thioether (sulfide) groups is 1. The third-order valence-corrected chi connectivity index (χ3v) is 6.09. The molecule has 0 atom stereocenters. The molecule has 1 aliphatic rings. The fraction of sp³-hybridized carbons (Fsp3) is 0.130. The number of hydrogen-bond donors (Lipinski definition) is 0. The Morgan fingerprint density at radius 2 is 1.81 bits per heavy atom. The second-order valence-electron chi connectivity index (χ2n) is 7.05. The van der Waals surface area contributed by atoms with Crippen LogP contribution in [-0.4, -0.2) is 10.2 Å². The fourth-order valence-electron chi connectivity index (χ4n) is 3.38. The predicted octanol–water partition coefficient (Wildman–Crippen LogP) is 6.99. The zero-order valence-corrected chi connectivity index (χ0v) is 18.1. The molecule has 158 valence electrons. The van der Waals surface area contributed by atoms with E-state index in [9.17, 15) is 18.0 Å². The van der Waals surface area contributed by atoms with Gasteiger partial charge in [0.05, 0.1) is 16.2 Å². The number of carbonyl (C=O) groups excluding carboxylic acids is 1. The quantitative estimate of drug-likeness (QED) is 0.312. The largest absolute Gasteiger partial charge is 0.457 e. The van der Waals surface area contributed by atoms with Gasteiger partial charge >= 0.3 is 6.18 Å². The van der Waals surface area contributed by atoms with Gasteiger partial charge in [-0.05, 0) is 43.7 Å². The van der Waals surface area contributed by atoms with E-state index in [1.165, 1.54) is 41.3 Å². The first-order valence-corrected chi connectivity index (χ1v) is 10.5. The Bertz CT molecular complexity index is 1230. The number of anilines is 1. The number of carbonyl (C=O) groups is 1. The average Bonchev–Trinajstić information content (AvgIpc) is 3.27. The van der Waals surface area contributed by atoms with Crippen LogP contribution in [0.3, 0.4) is 0 Å². The van der Waals surface area contributed by atoms with Crippen molar-refractivity contribution in [3.8, 4) is 11.3 Å². The summed E-state index contributed by atoms with van der Waals surface area (Å²) in [6.45, 7) is 3.87.